The van der Waals surface area contributed by atoms with Gasteiger partial charge in [-0.25, -0.2) is 0 Å². The summed E-state index contributed by atoms with van der Waals surface area (Å²) in [5, 5.41) is 4.38. The number of carbonyl (C=O) groups excluding carboxylic acids is 1. The van der Waals surface area contributed by atoms with Crippen molar-refractivity contribution in [3.63, 3.8) is 0 Å². The number of hydrogen-bond acceptors (Lipinski definition) is 3. The van der Waals surface area contributed by atoms with Gasteiger partial charge in [-0.1, -0.05) is 35.3 Å². The zero-order chi connectivity index (χ0) is 20.5. The largest absolute Gasteiger partial charge is 0.335 e. The van der Waals surface area contributed by atoms with Crippen LogP contribution in [-0.4, -0.2) is 34.5 Å². The molecule has 29 heavy (non-hydrogen) atoms. The topological polar surface area (TPSA) is 54.3 Å². The van der Waals surface area contributed by atoms with E-state index >= 15 is 0 Å². The molecule has 2 fully saturated rings. The summed E-state index contributed by atoms with van der Waals surface area (Å²) in [5.41, 5.74) is 1.77. The molecule has 1 unspecified atom stereocenters. The highest BCUT2D eigenvalue weighted by Gasteiger charge is 2.40. The fourth-order valence-corrected chi connectivity index (χ4v) is 4.53. The number of halogens is 2. The van der Waals surface area contributed by atoms with Crippen LogP contribution in [0, 0.1) is 5.92 Å². The Morgan fingerprint density at radius 1 is 1.24 bits per heavy atom. The number of rotatable bonds is 5. The number of amides is 1. The molecule has 0 bridgehead atoms. The first-order valence-electron chi connectivity index (χ1n) is 10.1. The van der Waals surface area contributed by atoms with Gasteiger partial charge in [0.2, 0.25) is 5.91 Å². The van der Waals surface area contributed by atoms with E-state index in [4.69, 9.17) is 23.2 Å². The van der Waals surface area contributed by atoms with Gasteiger partial charge in [0.1, 0.15) is 0 Å². The Hall–Kier alpha value is -1.82. The number of aromatic nitrogens is 1. The van der Waals surface area contributed by atoms with Crippen LogP contribution in [0.15, 0.2) is 41.3 Å². The molecule has 1 aromatic heterocycles. The summed E-state index contributed by atoms with van der Waals surface area (Å²) in [7, 11) is 1.74. The molecule has 1 N–H and O–H groups in total. The van der Waals surface area contributed by atoms with Gasteiger partial charge in [-0.3, -0.25) is 9.59 Å². The van der Waals surface area contributed by atoms with Crippen molar-refractivity contribution in [3.05, 3.63) is 68.1 Å². The van der Waals surface area contributed by atoms with Crippen molar-refractivity contribution in [2.24, 2.45) is 13.0 Å². The number of aryl methyl sites for hydroxylation is 1. The van der Waals surface area contributed by atoms with E-state index in [1.807, 2.05) is 23.1 Å². The minimum Gasteiger partial charge on any atom is -0.335 e. The van der Waals surface area contributed by atoms with E-state index in [-0.39, 0.29) is 29.3 Å². The Kier molecular flexibility index (Phi) is 6.00. The van der Waals surface area contributed by atoms with Crippen LogP contribution >= 0.6 is 23.2 Å². The highest BCUT2D eigenvalue weighted by Crippen LogP contribution is 2.37. The summed E-state index contributed by atoms with van der Waals surface area (Å²) in [6, 6.07) is 9.44. The van der Waals surface area contributed by atoms with Crippen LogP contribution in [0.4, 0.5) is 0 Å². The van der Waals surface area contributed by atoms with Gasteiger partial charge in [-0.05, 0) is 55.0 Å². The lowest BCUT2D eigenvalue weighted by molar-refractivity contribution is -0.138. The first-order valence-corrected chi connectivity index (χ1v) is 10.8. The predicted octanol–water partition coefficient (Wildman–Crippen LogP) is 3.58. The third kappa shape index (κ3) is 4.37. The van der Waals surface area contributed by atoms with Crippen molar-refractivity contribution in [2.75, 3.05) is 13.1 Å². The summed E-state index contributed by atoms with van der Waals surface area (Å²) in [6.45, 7) is 1.92. The van der Waals surface area contributed by atoms with Gasteiger partial charge in [0, 0.05) is 38.4 Å². The fourth-order valence-electron chi connectivity index (χ4n) is 4.15. The van der Waals surface area contributed by atoms with Crippen LogP contribution < -0.4 is 10.9 Å². The van der Waals surface area contributed by atoms with Crippen molar-refractivity contribution in [2.45, 2.75) is 37.8 Å². The van der Waals surface area contributed by atoms with Gasteiger partial charge >= 0.3 is 0 Å². The van der Waals surface area contributed by atoms with Gasteiger partial charge in [-0.2, -0.15) is 0 Å². The van der Waals surface area contributed by atoms with Crippen LogP contribution in [0.1, 0.15) is 36.3 Å². The van der Waals surface area contributed by atoms with Crippen molar-refractivity contribution < 1.29 is 4.79 Å². The van der Waals surface area contributed by atoms with Gasteiger partial charge in [0.05, 0.1) is 16.0 Å². The summed E-state index contributed by atoms with van der Waals surface area (Å²) in [4.78, 5) is 27.8. The molecule has 1 saturated carbocycles. The van der Waals surface area contributed by atoms with Gasteiger partial charge in [-0.15, -0.1) is 0 Å². The normalized spacial score (nSPS) is 21.8. The van der Waals surface area contributed by atoms with Gasteiger partial charge in [0.15, 0.2) is 0 Å². The Bertz CT molecular complexity index is 971. The van der Waals surface area contributed by atoms with E-state index in [1.165, 1.54) is 0 Å². The molecular formula is C22H25Cl2N3O2. The third-order valence-corrected chi connectivity index (χ3v) is 6.86. The van der Waals surface area contributed by atoms with E-state index in [1.54, 1.807) is 29.9 Å². The molecule has 4 rings (SSSR count). The Labute approximate surface area is 180 Å². The molecule has 2 aromatic rings. The number of nitrogens with zero attached hydrogens (tertiary/aromatic N) is 2. The summed E-state index contributed by atoms with van der Waals surface area (Å²) >= 11 is 12.6. The van der Waals surface area contributed by atoms with E-state index in [2.05, 4.69) is 5.32 Å². The lowest BCUT2D eigenvalue weighted by Crippen LogP contribution is -2.47. The van der Waals surface area contributed by atoms with Crippen LogP contribution in [0.3, 0.4) is 0 Å². The van der Waals surface area contributed by atoms with Crippen molar-refractivity contribution in [1.29, 1.82) is 0 Å². The second-order valence-electron chi connectivity index (χ2n) is 8.03. The number of piperidine rings is 1. The van der Waals surface area contributed by atoms with E-state index < -0.39 is 0 Å². The summed E-state index contributed by atoms with van der Waals surface area (Å²) in [6.07, 6.45) is 4.65. The minimum atomic E-state index is -0.200. The molecule has 0 radical (unpaired) electrons. The molecule has 0 spiro atoms. The first kappa shape index (κ1) is 20.5. The maximum atomic E-state index is 13.6. The summed E-state index contributed by atoms with van der Waals surface area (Å²) in [5.74, 6) is -0.0374. The van der Waals surface area contributed by atoms with Crippen LogP contribution in [0.5, 0.6) is 0 Å². The molecule has 2 aliphatic rings. The predicted molar refractivity (Wildman–Crippen MR) is 115 cm³/mol. The maximum Gasteiger partial charge on any atom is 0.250 e. The number of carbonyl (C=O) groups is 1. The smallest absolute Gasteiger partial charge is 0.250 e. The van der Waals surface area contributed by atoms with Gasteiger partial charge in [0.25, 0.3) is 5.56 Å². The second kappa shape index (κ2) is 8.50. The van der Waals surface area contributed by atoms with Crippen molar-refractivity contribution in [3.8, 4) is 0 Å². The number of nitrogens with one attached hydrogen (secondary N) is 1. The number of benzene rings is 1. The molecule has 2 heterocycles. The Morgan fingerprint density at radius 2 is 2.03 bits per heavy atom. The SMILES string of the molecule is Cn1ccc(C2CCNC[C@@H]2C(=O)N(Cc2cccc(Cl)c2Cl)C2CC2)cc1=O. The van der Waals surface area contributed by atoms with Crippen LogP contribution in [0.25, 0.3) is 0 Å². The lowest BCUT2D eigenvalue weighted by Gasteiger charge is -2.36. The molecule has 5 nitrogen and oxygen atoms in total. The Morgan fingerprint density at radius 3 is 2.76 bits per heavy atom. The zero-order valence-electron chi connectivity index (χ0n) is 16.4. The third-order valence-electron chi connectivity index (χ3n) is 6.00. The Balaban J connectivity index is 1.61. The molecule has 1 saturated heterocycles. The molecule has 1 aliphatic heterocycles. The average Bonchev–Trinajstić information content (AvgIpc) is 3.56. The monoisotopic (exact) mass is 433 g/mol. The van der Waals surface area contributed by atoms with E-state index in [0.29, 0.717) is 23.1 Å². The quantitative estimate of drug-likeness (QED) is 0.783. The molecular weight excluding hydrogens is 409 g/mol. The van der Waals surface area contributed by atoms with Crippen LogP contribution in [0.2, 0.25) is 10.0 Å². The number of pyridine rings is 1. The highest BCUT2D eigenvalue weighted by molar-refractivity contribution is 6.42. The van der Waals surface area contributed by atoms with E-state index in [9.17, 15) is 9.59 Å². The molecule has 154 valence electrons. The van der Waals surface area contributed by atoms with Gasteiger partial charge < -0.3 is 14.8 Å². The number of hydrogen-bond donors (Lipinski definition) is 1. The zero-order valence-corrected chi connectivity index (χ0v) is 17.9. The second-order valence-corrected chi connectivity index (χ2v) is 8.81. The average molecular weight is 434 g/mol. The highest BCUT2D eigenvalue weighted by atomic mass is 35.5. The van der Waals surface area contributed by atoms with E-state index in [0.717, 1.165) is 36.9 Å². The lowest BCUT2D eigenvalue weighted by atomic mass is 9.80. The standard InChI is InChI=1S/C22H25Cl2N3O2/c1-26-10-8-14(11-20(26)28)17-7-9-25-12-18(17)22(29)27(16-5-6-16)13-15-3-2-4-19(23)21(15)24/h2-4,8,10-11,16-18,25H,5-7,9,12-13H2,1H3/t17?,18-/m0/s1. The molecule has 1 aromatic carbocycles. The first-order chi connectivity index (χ1) is 14.0. The van der Waals surface area contributed by atoms with Crippen molar-refractivity contribution >= 4 is 29.1 Å². The molecule has 1 aliphatic carbocycles. The molecule has 1 amide bonds. The minimum absolute atomic E-state index is 0.0359. The van der Waals surface area contributed by atoms with Crippen molar-refractivity contribution in [1.82, 2.24) is 14.8 Å². The van der Waals surface area contributed by atoms with Crippen LogP contribution in [-0.2, 0) is 18.4 Å². The molecule has 2 atom stereocenters. The maximum absolute atomic E-state index is 13.6. The fraction of sp³-hybridized carbons (Fsp3) is 0.455. The summed E-state index contributed by atoms with van der Waals surface area (Å²) < 4.78 is 1.55. The molecule has 7 heteroatoms.